The van der Waals surface area contributed by atoms with Gasteiger partial charge in [-0.15, -0.1) is 0 Å². The van der Waals surface area contributed by atoms with Gasteiger partial charge in [0.1, 0.15) is 7.85 Å². The van der Waals surface area contributed by atoms with E-state index >= 15 is 0 Å². The van der Waals surface area contributed by atoms with Crippen molar-refractivity contribution in [3.63, 3.8) is 0 Å². The lowest BCUT2D eigenvalue weighted by Crippen LogP contribution is -2.23. The first-order chi connectivity index (χ1) is 4.65. The van der Waals surface area contributed by atoms with Gasteiger partial charge in [-0.3, -0.25) is 0 Å². The Morgan fingerprint density at radius 2 is 1.50 bits per heavy atom. The van der Waals surface area contributed by atoms with Crippen LogP contribution in [0.3, 0.4) is 0 Å². The fourth-order valence-corrected chi connectivity index (χ4v) is 1.94. The van der Waals surface area contributed by atoms with Crippen LogP contribution in [0.2, 0.25) is 11.0 Å². The first-order valence-electron chi connectivity index (χ1n) is 4.65. The van der Waals surface area contributed by atoms with Crippen LogP contribution in [0.5, 0.6) is 0 Å². The smallest absolute Gasteiger partial charge is 0.0974 e. The second-order valence-electron chi connectivity index (χ2n) is 4.37. The van der Waals surface area contributed by atoms with E-state index in [-0.39, 0.29) is 0 Å². The molecule has 0 saturated heterocycles. The molecule has 1 aliphatic rings. The lowest BCUT2D eigenvalue weighted by Gasteiger charge is -2.37. The van der Waals surface area contributed by atoms with Crippen molar-refractivity contribution in [1.29, 1.82) is 0 Å². The predicted octanol–water partition coefficient (Wildman–Crippen LogP) is -0.246. The molecule has 0 nitrogen and oxygen atoms in total. The second kappa shape index (κ2) is 3.06. The summed E-state index contributed by atoms with van der Waals surface area (Å²) >= 11 is 0. The molecule has 0 aromatic heterocycles. The molecule has 0 heterocycles. The van der Waals surface area contributed by atoms with E-state index in [9.17, 15) is 0 Å². The molecule has 0 atom stereocenters. The first-order valence-corrected chi connectivity index (χ1v) is 4.65. The Morgan fingerprint density at radius 1 is 1.00 bits per heavy atom. The minimum absolute atomic E-state index is 0.679. The SMILES string of the molecule is BC(B)C1(B)CCCCC1. The average molecular weight is 134 g/mol. The van der Waals surface area contributed by atoms with E-state index in [2.05, 4.69) is 23.5 Å². The maximum atomic E-state index is 2.46. The third-order valence-corrected chi connectivity index (χ3v) is 3.39. The highest BCUT2D eigenvalue weighted by molar-refractivity contribution is 6.40. The van der Waals surface area contributed by atoms with Crippen molar-refractivity contribution in [2.24, 2.45) is 0 Å². The van der Waals surface area contributed by atoms with Gasteiger partial charge in [0.15, 0.2) is 0 Å². The summed E-state index contributed by atoms with van der Waals surface area (Å²) in [6, 6.07) is 0. The molecule has 0 aromatic rings. The number of rotatable bonds is 1. The van der Waals surface area contributed by atoms with E-state index in [1.54, 1.807) is 0 Å². The molecule has 0 aromatic carbocycles. The highest BCUT2D eigenvalue weighted by Gasteiger charge is 2.29. The van der Waals surface area contributed by atoms with E-state index in [0.717, 1.165) is 5.72 Å². The summed E-state index contributed by atoms with van der Waals surface area (Å²) in [4.78, 5) is 0. The third kappa shape index (κ3) is 1.62. The summed E-state index contributed by atoms with van der Waals surface area (Å²) in [6.07, 6.45) is 7.33. The minimum atomic E-state index is 0.679. The summed E-state index contributed by atoms with van der Waals surface area (Å²) in [6.45, 7) is 0. The lowest BCUT2D eigenvalue weighted by molar-refractivity contribution is 0.393. The summed E-state index contributed by atoms with van der Waals surface area (Å²) in [7, 11) is 7.19. The van der Waals surface area contributed by atoms with Gasteiger partial charge >= 0.3 is 0 Å². The molecule has 1 rings (SSSR count). The van der Waals surface area contributed by atoms with Crippen LogP contribution >= 0.6 is 0 Å². The Balaban J connectivity index is 2.48. The van der Waals surface area contributed by atoms with E-state index < -0.39 is 0 Å². The third-order valence-electron chi connectivity index (χ3n) is 3.39. The predicted molar refractivity (Wildman–Crippen MR) is 55.2 cm³/mol. The quantitative estimate of drug-likeness (QED) is 0.433. The fourth-order valence-electron chi connectivity index (χ4n) is 1.94. The molecule has 0 amide bonds. The van der Waals surface area contributed by atoms with Crippen LogP contribution in [0.25, 0.3) is 0 Å². The molecule has 0 radical (unpaired) electrons. The Kier molecular flexibility index (Phi) is 2.54. The summed E-state index contributed by atoms with van der Waals surface area (Å²) in [5, 5.41) is 0.679. The van der Waals surface area contributed by atoms with Gasteiger partial charge in [0.25, 0.3) is 0 Å². The molecule has 1 saturated carbocycles. The first kappa shape index (κ1) is 8.29. The summed E-state index contributed by atoms with van der Waals surface area (Å²) in [5.74, 6) is 0. The molecule has 0 aliphatic heterocycles. The highest BCUT2D eigenvalue weighted by atomic mass is 14.3. The molecule has 0 N–H and O–H groups in total. The van der Waals surface area contributed by atoms with Crippen LogP contribution in [-0.4, -0.2) is 23.5 Å². The Bertz CT molecular complexity index is 105. The molecule has 0 bridgehead atoms. The van der Waals surface area contributed by atoms with Gasteiger partial charge in [0.2, 0.25) is 0 Å². The van der Waals surface area contributed by atoms with Crippen molar-refractivity contribution < 1.29 is 0 Å². The average Bonchev–Trinajstić information content (AvgIpc) is 1.89. The zero-order valence-corrected chi connectivity index (χ0v) is 7.61. The van der Waals surface area contributed by atoms with Gasteiger partial charge < -0.3 is 0 Å². The van der Waals surface area contributed by atoms with Crippen LogP contribution in [0.15, 0.2) is 0 Å². The standard InChI is InChI=1S/C7H17B3/c8-6(9)7(10)4-2-1-3-5-7/h6H,1-5,8-10H2. The second-order valence-corrected chi connectivity index (χ2v) is 4.37. The van der Waals surface area contributed by atoms with Crippen LogP contribution in [0, 0.1) is 0 Å². The summed E-state index contributed by atoms with van der Waals surface area (Å²) < 4.78 is 0. The van der Waals surface area contributed by atoms with Crippen LogP contribution in [-0.2, 0) is 0 Å². The maximum Gasteiger partial charge on any atom is 0.108 e. The molecule has 0 unspecified atom stereocenters. The van der Waals surface area contributed by atoms with Crippen molar-refractivity contribution in [3.05, 3.63) is 0 Å². The van der Waals surface area contributed by atoms with Crippen molar-refractivity contribution in [2.75, 3.05) is 0 Å². The van der Waals surface area contributed by atoms with Crippen molar-refractivity contribution in [3.8, 4) is 0 Å². The van der Waals surface area contributed by atoms with E-state index in [1.165, 1.54) is 32.1 Å². The lowest BCUT2D eigenvalue weighted by atomic mass is 9.43. The summed E-state index contributed by atoms with van der Waals surface area (Å²) in [5.41, 5.74) is 0.882. The van der Waals surface area contributed by atoms with Gasteiger partial charge in [-0.05, 0) is 0 Å². The largest absolute Gasteiger partial charge is 0.108 e. The topological polar surface area (TPSA) is 0 Å². The van der Waals surface area contributed by atoms with Crippen molar-refractivity contribution in [1.82, 2.24) is 0 Å². The van der Waals surface area contributed by atoms with Crippen LogP contribution in [0.4, 0.5) is 0 Å². The van der Waals surface area contributed by atoms with Crippen LogP contribution in [0.1, 0.15) is 32.1 Å². The maximum absolute atomic E-state index is 2.46. The molecular weight excluding hydrogens is 117 g/mol. The zero-order chi connectivity index (χ0) is 7.61. The van der Waals surface area contributed by atoms with Gasteiger partial charge in [-0.2, -0.15) is 0 Å². The highest BCUT2D eigenvalue weighted by Crippen LogP contribution is 2.46. The van der Waals surface area contributed by atoms with Gasteiger partial charge in [0, 0.05) is 0 Å². The molecule has 10 heavy (non-hydrogen) atoms. The van der Waals surface area contributed by atoms with Gasteiger partial charge in [0.05, 0.1) is 15.7 Å². The molecule has 3 heteroatoms. The van der Waals surface area contributed by atoms with E-state index in [1.807, 2.05) is 0 Å². The van der Waals surface area contributed by atoms with Crippen molar-refractivity contribution >= 4 is 23.5 Å². The molecule has 0 spiro atoms. The van der Waals surface area contributed by atoms with E-state index in [4.69, 9.17) is 0 Å². The molecule has 54 valence electrons. The molecule has 1 aliphatic carbocycles. The minimum Gasteiger partial charge on any atom is -0.0974 e. The van der Waals surface area contributed by atoms with Crippen LogP contribution < -0.4 is 0 Å². The number of hydrogen-bond acceptors (Lipinski definition) is 0. The number of hydrogen-bond donors (Lipinski definition) is 0. The van der Waals surface area contributed by atoms with Gasteiger partial charge in [-0.25, -0.2) is 0 Å². The van der Waals surface area contributed by atoms with E-state index in [0.29, 0.717) is 5.31 Å². The van der Waals surface area contributed by atoms with Crippen molar-refractivity contribution in [2.45, 2.75) is 43.1 Å². The zero-order valence-electron chi connectivity index (χ0n) is 7.61. The van der Waals surface area contributed by atoms with Gasteiger partial charge in [-0.1, -0.05) is 43.1 Å². The molecular formula is C7H17B3. The Morgan fingerprint density at radius 3 is 1.80 bits per heavy atom. The fraction of sp³-hybridized carbons (Fsp3) is 1.00. The Labute approximate surface area is 67.4 Å². The normalized spacial score (nSPS) is 24.9. The monoisotopic (exact) mass is 134 g/mol. The Hall–Kier alpha value is 0.195. The molecule has 1 fully saturated rings.